The Balaban J connectivity index is 3.79. The third kappa shape index (κ3) is 9.67. The zero-order chi connectivity index (χ0) is 11.4. The first kappa shape index (κ1) is 13.6. The molecule has 0 saturated heterocycles. The van der Waals surface area contributed by atoms with Gasteiger partial charge in [0.1, 0.15) is 15.6 Å². The lowest BCUT2D eigenvalue weighted by atomic mass is 10.1. The molecule has 0 amide bonds. The number of hydrogen-bond acceptors (Lipinski definition) is 4. The zero-order valence-corrected chi connectivity index (χ0v) is 10.1. The minimum absolute atomic E-state index is 0.0579. The van der Waals surface area contributed by atoms with E-state index in [4.69, 9.17) is 0 Å². The van der Waals surface area contributed by atoms with E-state index in [1.54, 1.807) is 0 Å². The third-order valence-electron chi connectivity index (χ3n) is 1.57. The summed E-state index contributed by atoms with van der Waals surface area (Å²) in [6.45, 7) is 6.10. The van der Waals surface area contributed by atoms with Crippen LogP contribution >= 0.6 is 0 Å². The molecule has 0 fully saturated rings. The molecular formula is C9H19NO3S. The fraction of sp³-hybridized carbons (Fsp3) is 0.889. The molecule has 0 unspecified atom stereocenters. The van der Waals surface area contributed by atoms with E-state index in [2.05, 4.69) is 5.32 Å². The second-order valence-corrected chi connectivity index (χ2v) is 6.78. The van der Waals surface area contributed by atoms with Gasteiger partial charge in [0.25, 0.3) is 0 Å². The Bertz CT molecular complexity index is 288. The van der Waals surface area contributed by atoms with Crippen LogP contribution in [0.5, 0.6) is 0 Å². The van der Waals surface area contributed by atoms with Crippen LogP contribution in [0.2, 0.25) is 0 Å². The van der Waals surface area contributed by atoms with Crippen LogP contribution in [0, 0.1) is 0 Å². The molecule has 1 N–H and O–H groups in total. The molecule has 84 valence electrons. The Kier molecular flexibility index (Phi) is 4.74. The maximum atomic E-state index is 11.2. The largest absolute Gasteiger partial charge is 0.305 e. The second-order valence-electron chi connectivity index (χ2n) is 4.52. The summed E-state index contributed by atoms with van der Waals surface area (Å²) in [4.78, 5) is 11.2. The van der Waals surface area contributed by atoms with Crippen molar-refractivity contribution in [1.82, 2.24) is 5.32 Å². The molecule has 0 aliphatic heterocycles. The second kappa shape index (κ2) is 4.89. The predicted octanol–water partition coefficient (Wildman–Crippen LogP) is 0.378. The van der Waals surface area contributed by atoms with E-state index in [1.165, 1.54) is 0 Å². The minimum atomic E-state index is -3.02. The fourth-order valence-corrected chi connectivity index (χ4v) is 1.35. The van der Waals surface area contributed by atoms with Gasteiger partial charge in [-0.05, 0) is 20.8 Å². The van der Waals surface area contributed by atoms with Crippen molar-refractivity contribution in [3.05, 3.63) is 0 Å². The smallest absolute Gasteiger partial charge is 0.147 e. The Labute approximate surface area is 86.0 Å². The minimum Gasteiger partial charge on any atom is -0.305 e. The van der Waals surface area contributed by atoms with Gasteiger partial charge in [-0.25, -0.2) is 8.42 Å². The van der Waals surface area contributed by atoms with Gasteiger partial charge in [0.15, 0.2) is 0 Å². The van der Waals surface area contributed by atoms with Crippen LogP contribution in [0.25, 0.3) is 0 Å². The van der Waals surface area contributed by atoms with E-state index >= 15 is 0 Å². The van der Waals surface area contributed by atoms with E-state index in [0.29, 0.717) is 0 Å². The average molecular weight is 221 g/mol. The summed E-state index contributed by atoms with van der Waals surface area (Å²) in [5, 5.41) is 3.01. The number of nitrogens with one attached hydrogen (secondary N) is 1. The van der Waals surface area contributed by atoms with E-state index in [0.717, 1.165) is 6.26 Å². The van der Waals surface area contributed by atoms with E-state index in [-0.39, 0.29) is 30.0 Å². The molecule has 0 aromatic heterocycles. The average Bonchev–Trinajstić information content (AvgIpc) is 1.94. The maximum absolute atomic E-state index is 11.2. The predicted molar refractivity (Wildman–Crippen MR) is 57.1 cm³/mol. The zero-order valence-electron chi connectivity index (χ0n) is 9.25. The number of carbonyl (C=O) groups excluding carboxylic acids is 1. The Morgan fingerprint density at radius 2 is 1.79 bits per heavy atom. The number of ketones is 1. The van der Waals surface area contributed by atoms with Crippen molar-refractivity contribution in [3.63, 3.8) is 0 Å². The molecule has 0 heterocycles. The summed E-state index contributed by atoms with van der Waals surface area (Å²) >= 11 is 0. The van der Waals surface area contributed by atoms with Gasteiger partial charge >= 0.3 is 0 Å². The lowest BCUT2D eigenvalue weighted by molar-refractivity contribution is -0.118. The molecule has 0 aliphatic carbocycles. The molecule has 0 atom stereocenters. The highest BCUT2D eigenvalue weighted by atomic mass is 32.2. The van der Waals surface area contributed by atoms with Gasteiger partial charge in [0, 0.05) is 18.2 Å². The van der Waals surface area contributed by atoms with E-state index in [1.807, 2.05) is 20.8 Å². The van der Waals surface area contributed by atoms with Crippen molar-refractivity contribution in [2.24, 2.45) is 0 Å². The highest BCUT2D eigenvalue weighted by molar-refractivity contribution is 7.90. The lowest BCUT2D eigenvalue weighted by Gasteiger charge is -2.19. The highest BCUT2D eigenvalue weighted by Crippen LogP contribution is 1.98. The Morgan fingerprint density at radius 3 is 2.14 bits per heavy atom. The molecule has 5 heteroatoms. The summed E-state index contributed by atoms with van der Waals surface area (Å²) in [7, 11) is -3.02. The molecule has 0 radical (unpaired) electrons. The monoisotopic (exact) mass is 221 g/mol. The van der Waals surface area contributed by atoms with Gasteiger partial charge < -0.3 is 5.32 Å². The van der Waals surface area contributed by atoms with E-state index in [9.17, 15) is 13.2 Å². The first-order valence-electron chi connectivity index (χ1n) is 4.55. The molecule has 0 aromatic rings. The summed E-state index contributed by atoms with van der Waals surface area (Å²) in [5.41, 5.74) is -0.110. The van der Waals surface area contributed by atoms with Crippen molar-refractivity contribution >= 4 is 15.6 Å². The van der Waals surface area contributed by atoms with Crippen LogP contribution in [-0.4, -0.2) is 38.3 Å². The number of sulfone groups is 1. The summed E-state index contributed by atoms with van der Waals surface area (Å²) in [5.74, 6) is -0.122. The Morgan fingerprint density at radius 1 is 1.29 bits per heavy atom. The topological polar surface area (TPSA) is 63.2 Å². The van der Waals surface area contributed by atoms with Gasteiger partial charge in [-0.3, -0.25) is 4.79 Å². The van der Waals surface area contributed by atoms with Crippen LogP contribution in [0.15, 0.2) is 0 Å². The molecule has 0 saturated carbocycles. The van der Waals surface area contributed by atoms with Crippen LogP contribution in [-0.2, 0) is 14.6 Å². The highest BCUT2D eigenvalue weighted by Gasteiger charge is 2.12. The number of hydrogen-bond donors (Lipinski definition) is 1. The van der Waals surface area contributed by atoms with Crippen LogP contribution in [0.3, 0.4) is 0 Å². The molecule has 14 heavy (non-hydrogen) atoms. The van der Waals surface area contributed by atoms with Crippen LogP contribution in [0.1, 0.15) is 27.2 Å². The number of carbonyl (C=O) groups is 1. The quantitative estimate of drug-likeness (QED) is 0.729. The fourth-order valence-electron chi connectivity index (χ4n) is 0.751. The van der Waals surface area contributed by atoms with Gasteiger partial charge in [-0.1, -0.05) is 0 Å². The Hall–Kier alpha value is -0.420. The standard InChI is InChI=1S/C9H19NO3S/c1-9(2,3)10-7-8(11)5-6-14(4,12)13/h10H,5-7H2,1-4H3. The van der Waals surface area contributed by atoms with Crippen LogP contribution < -0.4 is 5.32 Å². The van der Waals surface area contributed by atoms with Gasteiger partial charge in [-0.2, -0.15) is 0 Å². The van der Waals surface area contributed by atoms with Crippen molar-refractivity contribution < 1.29 is 13.2 Å². The van der Waals surface area contributed by atoms with Gasteiger partial charge in [0.05, 0.1) is 12.3 Å². The molecule has 0 aliphatic rings. The van der Waals surface area contributed by atoms with Crippen molar-refractivity contribution in [2.75, 3.05) is 18.6 Å². The normalized spacial score (nSPS) is 12.9. The molecule has 4 nitrogen and oxygen atoms in total. The van der Waals surface area contributed by atoms with Gasteiger partial charge in [0.2, 0.25) is 0 Å². The van der Waals surface area contributed by atoms with Gasteiger partial charge in [-0.15, -0.1) is 0 Å². The first-order chi connectivity index (χ1) is 6.10. The third-order valence-corrected chi connectivity index (χ3v) is 2.51. The van der Waals surface area contributed by atoms with Crippen molar-refractivity contribution in [1.29, 1.82) is 0 Å². The molecular weight excluding hydrogens is 202 g/mol. The molecule has 0 spiro atoms. The first-order valence-corrected chi connectivity index (χ1v) is 6.61. The molecule has 0 bridgehead atoms. The van der Waals surface area contributed by atoms with Crippen molar-refractivity contribution in [3.8, 4) is 0 Å². The molecule has 0 aromatic carbocycles. The number of rotatable bonds is 5. The molecule has 0 rings (SSSR count). The van der Waals surface area contributed by atoms with E-state index < -0.39 is 9.84 Å². The lowest BCUT2D eigenvalue weighted by Crippen LogP contribution is -2.39. The summed E-state index contributed by atoms with van der Waals surface area (Å²) in [6, 6.07) is 0. The SMILES string of the molecule is CC(C)(C)NCC(=O)CCS(C)(=O)=O. The number of Topliss-reactive ketones (excluding diaryl/α,β-unsaturated/α-hetero) is 1. The summed E-state index contributed by atoms with van der Waals surface area (Å²) < 4.78 is 21.5. The maximum Gasteiger partial charge on any atom is 0.147 e. The van der Waals surface area contributed by atoms with Crippen molar-refractivity contribution in [2.45, 2.75) is 32.7 Å². The van der Waals surface area contributed by atoms with Crippen LogP contribution in [0.4, 0.5) is 0 Å². The summed E-state index contributed by atoms with van der Waals surface area (Å²) in [6.07, 6.45) is 1.24.